The van der Waals surface area contributed by atoms with Crippen LogP contribution in [0.3, 0.4) is 0 Å². The van der Waals surface area contributed by atoms with Gasteiger partial charge in [0.1, 0.15) is 5.75 Å². The lowest BCUT2D eigenvalue weighted by molar-refractivity contribution is -0.137. The summed E-state index contributed by atoms with van der Waals surface area (Å²) in [4.78, 5) is 13.9. The predicted octanol–water partition coefficient (Wildman–Crippen LogP) is 3.41. The van der Waals surface area contributed by atoms with E-state index in [4.69, 9.17) is 21.1 Å². The molecule has 1 aliphatic heterocycles. The lowest BCUT2D eigenvalue weighted by Gasteiger charge is -2.26. The second-order valence-corrected chi connectivity index (χ2v) is 6.50. The number of hydrogen-bond acceptors (Lipinski definition) is 5. The van der Waals surface area contributed by atoms with Crippen LogP contribution in [0.2, 0.25) is 5.02 Å². The smallest absolute Gasteiger partial charge is 0.260 e. The van der Waals surface area contributed by atoms with Gasteiger partial charge < -0.3 is 14.4 Å². The first-order valence-electron chi connectivity index (χ1n) is 8.77. The van der Waals surface area contributed by atoms with Crippen LogP contribution >= 0.6 is 11.6 Å². The van der Waals surface area contributed by atoms with Gasteiger partial charge in [-0.25, -0.2) is 0 Å². The van der Waals surface area contributed by atoms with Gasteiger partial charge in [-0.05, 0) is 48.9 Å². The summed E-state index contributed by atoms with van der Waals surface area (Å²) >= 11 is 6.10. The van der Waals surface area contributed by atoms with Crippen LogP contribution in [0.25, 0.3) is 0 Å². The zero-order chi connectivity index (χ0) is 19.1. The maximum Gasteiger partial charge on any atom is 0.260 e. The molecule has 0 aliphatic carbocycles. The minimum Gasteiger partial charge on any atom is -0.484 e. The van der Waals surface area contributed by atoms with Crippen molar-refractivity contribution in [2.24, 2.45) is 5.10 Å². The molecule has 0 saturated carbocycles. The van der Waals surface area contributed by atoms with E-state index in [9.17, 15) is 4.79 Å². The Balaban J connectivity index is 1.54. The van der Waals surface area contributed by atoms with E-state index in [0.717, 1.165) is 17.0 Å². The third-order valence-electron chi connectivity index (χ3n) is 4.22. The van der Waals surface area contributed by atoms with Crippen molar-refractivity contribution in [1.82, 2.24) is 4.90 Å². The second kappa shape index (κ2) is 9.39. The summed E-state index contributed by atoms with van der Waals surface area (Å²) in [5, 5.41) is 4.97. The molecular formula is C20H22ClN3O3. The number of amides is 1. The normalized spacial score (nSPS) is 14.7. The van der Waals surface area contributed by atoms with Crippen molar-refractivity contribution in [1.29, 1.82) is 0 Å². The summed E-state index contributed by atoms with van der Waals surface area (Å²) < 4.78 is 10.8. The Bertz CT molecular complexity index is 802. The van der Waals surface area contributed by atoms with Gasteiger partial charge in [0.25, 0.3) is 5.91 Å². The number of rotatable bonds is 6. The summed E-state index contributed by atoms with van der Waals surface area (Å²) in [7, 11) is 0. The van der Waals surface area contributed by atoms with Crippen LogP contribution in [-0.2, 0) is 9.53 Å². The molecule has 1 aliphatic rings. The van der Waals surface area contributed by atoms with Gasteiger partial charge in [0, 0.05) is 13.1 Å². The Labute approximate surface area is 163 Å². The van der Waals surface area contributed by atoms with Crippen LogP contribution in [0.4, 0.5) is 5.69 Å². The molecule has 2 aromatic carbocycles. The predicted molar refractivity (Wildman–Crippen MR) is 107 cm³/mol. The minimum absolute atomic E-state index is 0.0240. The van der Waals surface area contributed by atoms with Gasteiger partial charge in [-0.15, -0.1) is 0 Å². The molecule has 1 heterocycles. The fourth-order valence-electron chi connectivity index (χ4n) is 2.60. The standard InChI is InChI=1S/C20H22ClN3O3/c1-15(22-23-19-5-3-2-4-18(19)21)16-6-8-17(9-7-16)27-14-20(25)24-10-12-26-13-11-24/h2-9,23H,10-14H2,1H3/b22-15-. The highest BCUT2D eigenvalue weighted by atomic mass is 35.5. The number of benzene rings is 2. The van der Waals surface area contributed by atoms with Crippen LogP contribution < -0.4 is 10.2 Å². The number of nitrogens with zero attached hydrogens (tertiary/aromatic N) is 2. The van der Waals surface area contributed by atoms with E-state index < -0.39 is 0 Å². The molecule has 0 atom stereocenters. The van der Waals surface area contributed by atoms with Gasteiger partial charge in [0.15, 0.2) is 6.61 Å². The van der Waals surface area contributed by atoms with Crippen LogP contribution in [0, 0.1) is 0 Å². The molecule has 0 aromatic heterocycles. The zero-order valence-corrected chi connectivity index (χ0v) is 15.9. The van der Waals surface area contributed by atoms with Crippen molar-refractivity contribution >= 4 is 28.9 Å². The molecule has 0 unspecified atom stereocenters. The molecule has 1 N–H and O–H groups in total. The van der Waals surface area contributed by atoms with Crippen molar-refractivity contribution in [3.8, 4) is 5.75 Å². The maximum atomic E-state index is 12.1. The number of morpholine rings is 1. The van der Waals surface area contributed by atoms with E-state index in [2.05, 4.69) is 10.5 Å². The highest BCUT2D eigenvalue weighted by molar-refractivity contribution is 6.33. The summed E-state index contributed by atoms with van der Waals surface area (Å²) in [6.07, 6.45) is 0. The number of anilines is 1. The first kappa shape index (κ1) is 19.2. The highest BCUT2D eigenvalue weighted by Crippen LogP contribution is 2.20. The average molecular weight is 388 g/mol. The van der Waals surface area contributed by atoms with Crippen molar-refractivity contribution in [2.75, 3.05) is 38.3 Å². The SMILES string of the molecule is C/C(=N/Nc1ccccc1Cl)c1ccc(OCC(=O)N2CCOCC2)cc1. The van der Waals surface area contributed by atoms with Crippen LogP contribution in [0.1, 0.15) is 12.5 Å². The van der Waals surface area contributed by atoms with Crippen molar-refractivity contribution in [3.63, 3.8) is 0 Å². The monoisotopic (exact) mass is 387 g/mol. The maximum absolute atomic E-state index is 12.1. The molecule has 7 heteroatoms. The van der Waals surface area contributed by atoms with Gasteiger partial charge in [0.05, 0.1) is 29.6 Å². The van der Waals surface area contributed by atoms with Gasteiger partial charge in [0.2, 0.25) is 0 Å². The Morgan fingerprint density at radius 3 is 2.59 bits per heavy atom. The van der Waals surface area contributed by atoms with Gasteiger partial charge in [-0.3, -0.25) is 10.2 Å². The zero-order valence-electron chi connectivity index (χ0n) is 15.2. The van der Waals surface area contributed by atoms with E-state index in [1.54, 1.807) is 11.0 Å². The average Bonchev–Trinajstić information content (AvgIpc) is 2.72. The number of hydrazone groups is 1. The lowest BCUT2D eigenvalue weighted by Crippen LogP contribution is -2.42. The number of halogens is 1. The van der Waals surface area contributed by atoms with Crippen LogP contribution in [0.5, 0.6) is 5.75 Å². The first-order chi connectivity index (χ1) is 13.1. The summed E-state index contributed by atoms with van der Waals surface area (Å²) in [6, 6.07) is 14.9. The molecule has 2 aromatic rings. The largest absolute Gasteiger partial charge is 0.484 e. The topological polar surface area (TPSA) is 63.2 Å². The molecular weight excluding hydrogens is 366 g/mol. The fraction of sp³-hybridized carbons (Fsp3) is 0.300. The van der Waals surface area contributed by atoms with Crippen molar-refractivity contribution < 1.29 is 14.3 Å². The molecule has 3 rings (SSSR count). The molecule has 0 bridgehead atoms. The quantitative estimate of drug-likeness (QED) is 0.609. The molecule has 27 heavy (non-hydrogen) atoms. The molecule has 1 saturated heterocycles. The molecule has 0 radical (unpaired) electrons. The Kier molecular flexibility index (Phi) is 6.68. The van der Waals surface area contributed by atoms with E-state index in [1.165, 1.54) is 0 Å². The van der Waals surface area contributed by atoms with Gasteiger partial charge >= 0.3 is 0 Å². The number of carbonyl (C=O) groups excluding carboxylic acids is 1. The van der Waals surface area contributed by atoms with Crippen molar-refractivity contribution in [2.45, 2.75) is 6.92 Å². The number of nitrogens with one attached hydrogen (secondary N) is 1. The summed E-state index contributed by atoms with van der Waals surface area (Å²) in [6.45, 7) is 4.34. The number of para-hydroxylation sites is 1. The van der Waals surface area contributed by atoms with Crippen molar-refractivity contribution in [3.05, 3.63) is 59.1 Å². The Morgan fingerprint density at radius 2 is 1.89 bits per heavy atom. The second-order valence-electron chi connectivity index (χ2n) is 6.10. The third kappa shape index (κ3) is 5.45. The summed E-state index contributed by atoms with van der Waals surface area (Å²) in [5.74, 6) is 0.622. The summed E-state index contributed by atoms with van der Waals surface area (Å²) in [5.41, 5.74) is 5.47. The third-order valence-corrected chi connectivity index (χ3v) is 4.55. The lowest BCUT2D eigenvalue weighted by atomic mass is 10.1. The molecule has 6 nitrogen and oxygen atoms in total. The minimum atomic E-state index is -0.0240. The van der Waals surface area contributed by atoms with Gasteiger partial charge in [-0.2, -0.15) is 5.10 Å². The molecule has 1 amide bonds. The highest BCUT2D eigenvalue weighted by Gasteiger charge is 2.17. The fourth-order valence-corrected chi connectivity index (χ4v) is 2.78. The Morgan fingerprint density at radius 1 is 1.19 bits per heavy atom. The number of hydrogen-bond donors (Lipinski definition) is 1. The van der Waals surface area contributed by atoms with Crippen LogP contribution in [0.15, 0.2) is 53.6 Å². The van der Waals surface area contributed by atoms with E-state index >= 15 is 0 Å². The molecule has 0 spiro atoms. The number of ether oxygens (including phenoxy) is 2. The molecule has 142 valence electrons. The van der Waals surface area contributed by atoms with E-state index in [1.807, 2.05) is 49.4 Å². The van der Waals surface area contributed by atoms with E-state index in [-0.39, 0.29) is 12.5 Å². The number of carbonyl (C=O) groups is 1. The first-order valence-corrected chi connectivity index (χ1v) is 9.15. The Hall–Kier alpha value is -2.57. The van der Waals surface area contributed by atoms with Gasteiger partial charge in [-0.1, -0.05) is 23.7 Å². The molecule has 1 fully saturated rings. The van der Waals surface area contributed by atoms with Crippen LogP contribution in [-0.4, -0.2) is 49.4 Å². The van der Waals surface area contributed by atoms with E-state index in [0.29, 0.717) is 37.1 Å².